The van der Waals surface area contributed by atoms with Crippen molar-refractivity contribution >= 4 is 22.4 Å². The van der Waals surface area contributed by atoms with Crippen LogP contribution >= 0.6 is 0 Å². The van der Waals surface area contributed by atoms with Crippen molar-refractivity contribution in [2.75, 3.05) is 13.9 Å². The van der Waals surface area contributed by atoms with E-state index in [0.29, 0.717) is 42.8 Å². The molecule has 0 aromatic carbocycles. The van der Waals surface area contributed by atoms with Crippen molar-refractivity contribution in [3.8, 4) is 0 Å². The van der Waals surface area contributed by atoms with Crippen molar-refractivity contribution in [2.45, 2.75) is 175 Å². The van der Waals surface area contributed by atoms with Crippen LogP contribution in [0.15, 0.2) is 35.5 Å². The lowest BCUT2D eigenvalue weighted by molar-refractivity contribution is -0.135. The molecule has 0 aromatic rings. The number of rotatable bonds is 12. The van der Waals surface area contributed by atoms with Gasteiger partial charge in [-0.2, -0.15) is 0 Å². The standard InChI is InChI=1S/C40H72O5Si2/c1-29(18-16-24-39(8,9)43-28-42-11)32-22-23-33-31(19-17-25-40(32,33)10)21-20-30-26-34(44-46(12,13)37(2,3)4)36(41)35(27-30)45-47(14,15)38(5,6)7/h16,18,20-21,29,32-35H,17,19,22-28H2,1-15H3/t29-,32?,33?,34-,35-,40?/m1/s1. The lowest BCUT2D eigenvalue weighted by Crippen LogP contribution is -2.53. The van der Waals surface area contributed by atoms with Crippen LogP contribution in [-0.4, -0.2) is 54.1 Å². The second-order valence-electron chi connectivity index (χ2n) is 19.0. The van der Waals surface area contributed by atoms with Gasteiger partial charge < -0.3 is 18.3 Å². The molecule has 3 aliphatic carbocycles. The first kappa shape index (κ1) is 40.6. The largest absolute Gasteiger partial charge is 0.406 e. The summed E-state index contributed by atoms with van der Waals surface area (Å²) in [5.74, 6) is 2.00. The second kappa shape index (κ2) is 15.2. The average Bonchev–Trinajstić information content (AvgIpc) is 3.29. The summed E-state index contributed by atoms with van der Waals surface area (Å²) in [4.78, 5) is 14.0. The fourth-order valence-corrected chi connectivity index (χ4v) is 10.2. The van der Waals surface area contributed by atoms with Crippen LogP contribution in [0.25, 0.3) is 0 Å². The third-order valence-electron chi connectivity index (χ3n) is 12.8. The maximum absolute atomic E-state index is 14.0. The molecule has 3 saturated carbocycles. The number of hydrogen-bond donors (Lipinski definition) is 0. The van der Waals surface area contributed by atoms with E-state index >= 15 is 0 Å². The first-order chi connectivity index (χ1) is 21.4. The number of methoxy groups -OCH3 is 1. The molecular formula is C40H72O5Si2. The molecule has 47 heavy (non-hydrogen) atoms. The van der Waals surface area contributed by atoms with Crippen LogP contribution in [0.1, 0.15) is 121 Å². The Morgan fingerprint density at radius 1 is 0.894 bits per heavy atom. The Bertz CT molecular complexity index is 1130. The molecule has 0 saturated heterocycles. The van der Waals surface area contributed by atoms with Gasteiger partial charge in [-0.1, -0.05) is 90.8 Å². The Morgan fingerprint density at radius 2 is 1.45 bits per heavy atom. The maximum atomic E-state index is 14.0. The summed E-state index contributed by atoms with van der Waals surface area (Å²) in [6.07, 6.45) is 17.3. The Kier molecular flexibility index (Phi) is 13.1. The van der Waals surface area contributed by atoms with Crippen LogP contribution in [0.4, 0.5) is 0 Å². The number of ether oxygens (including phenoxy) is 2. The minimum Gasteiger partial charge on any atom is -0.406 e. The first-order valence-corrected chi connectivity index (χ1v) is 24.3. The van der Waals surface area contributed by atoms with Gasteiger partial charge in [-0.3, -0.25) is 4.79 Å². The van der Waals surface area contributed by atoms with Crippen molar-refractivity contribution in [1.29, 1.82) is 0 Å². The zero-order valence-electron chi connectivity index (χ0n) is 33.1. The molecule has 6 atom stereocenters. The van der Waals surface area contributed by atoms with Crippen LogP contribution in [0.3, 0.4) is 0 Å². The molecule has 0 aliphatic heterocycles. The molecule has 3 unspecified atom stereocenters. The third kappa shape index (κ3) is 9.91. The summed E-state index contributed by atoms with van der Waals surface area (Å²) in [5.41, 5.74) is 3.01. The number of carbonyl (C=O) groups is 1. The van der Waals surface area contributed by atoms with E-state index in [-0.39, 0.29) is 21.5 Å². The molecule has 0 heterocycles. The number of carbonyl (C=O) groups excluding carboxylic acids is 1. The molecule has 0 aromatic heterocycles. The van der Waals surface area contributed by atoms with Crippen LogP contribution in [-0.2, 0) is 23.1 Å². The normalized spacial score (nSPS) is 29.9. The minimum absolute atomic E-state index is 0.0399. The smallest absolute Gasteiger partial charge is 0.193 e. The predicted molar refractivity (Wildman–Crippen MR) is 203 cm³/mol. The Hall–Kier alpha value is -0.836. The Balaban J connectivity index is 1.84. The molecule has 3 aliphatic rings. The second-order valence-corrected chi connectivity index (χ2v) is 28.5. The molecule has 0 bridgehead atoms. The lowest BCUT2D eigenvalue weighted by Gasteiger charge is -2.44. The fourth-order valence-electron chi connectivity index (χ4n) is 7.71. The topological polar surface area (TPSA) is 54.0 Å². The first-order valence-electron chi connectivity index (χ1n) is 18.5. The van der Waals surface area contributed by atoms with Gasteiger partial charge in [0.2, 0.25) is 0 Å². The van der Waals surface area contributed by atoms with Crippen molar-refractivity contribution in [3.05, 3.63) is 35.5 Å². The molecule has 7 heteroatoms. The van der Waals surface area contributed by atoms with Crippen LogP contribution < -0.4 is 0 Å². The van der Waals surface area contributed by atoms with E-state index in [9.17, 15) is 4.79 Å². The number of allylic oxidation sites excluding steroid dienone is 4. The third-order valence-corrected chi connectivity index (χ3v) is 21.8. The molecule has 270 valence electrons. The monoisotopic (exact) mass is 688 g/mol. The van der Waals surface area contributed by atoms with Gasteiger partial charge in [-0.15, -0.1) is 0 Å². The summed E-state index contributed by atoms with van der Waals surface area (Å²) in [6, 6.07) is 0. The quantitative estimate of drug-likeness (QED) is 0.116. The number of Topliss-reactive ketones (excluding diaryl/α,β-unsaturated/α-hetero) is 1. The molecule has 0 spiro atoms. The molecule has 0 N–H and O–H groups in total. The average molecular weight is 689 g/mol. The van der Waals surface area contributed by atoms with E-state index in [1.165, 1.54) is 37.7 Å². The SMILES string of the molecule is COCOC(C)(C)CC=C[C@@H](C)C1CCC2C(=CC=C3C[C@@H](O[Si](C)(C)C(C)(C)C)C(=O)[C@H](O[Si](C)(C)C(C)(C)C)C3)CCCC21C. The Labute approximate surface area is 292 Å². The van der Waals surface area contributed by atoms with E-state index in [2.05, 4.69) is 120 Å². The number of ketones is 1. The van der Waals surface area contributed by atoms with Crippen molar-refractivity contribution in [1.82, 2.24) is 0 Å². The van der Waals surface area contributed by atoms with Gasteiger partial charge in [0.1, 0.15) is 19.0 Å². The van der Waals surface area contributed by atoms with E-state index in [0.717, 1.165) is 6.42 Å². The summed E-state index contributed by atoms with van der Waals surface area (Å²) in [5, 5.41) is 0.0799. The van der Waals surface area contributed by atoms with Crippen molar-refractivity contribution in [2.24, 2.45) is 23.2 Å². The van der Waals surface area contributed by atoms with E-state index in [1.807, 2.05) is 0 Å². The van der Waals surface area contributed by atoms with E-state index in [4.69, 9.17) is 18.3 Å². The van der Waals surface area contributed by atoms with Crippen LogP contribution in [0, 0.1) is 23.2 Å². The van der Waals surface area contributed by atoms with Crippen molar-refractivity contribution < 1.29 is 23.1 Å². The predicted octanol–water partition coefficient (Wildman–Crippen LogP) is 11.2. The zero-order chi connectivity index (χ0) is 35.6. The van der Waals surface area contributed by atoms with Crippen LogP contribution in [0.2, 0.25) is 36.3 Å². The highest BCUT2D eigenvalue weighted by molar-refractivity contribution is 6.74. The van der Waals surface area contributed by atoms with Gasteiger partial charge >= 0.3 is 0 Å². The zero-order valence-corrected chi connectivity index (χ0v) is 35.1. The molecule has 5 nitrogen and oxygen atoms in total. The minimum atomic E-state index is -2.14. The molecule has 3 fully saturated rings. The molecular weight excluding hydrogens is 617 g/mol. The lowest BCUT2D eigenvalue weighted by atomic mass is 9.61. The van der Waals surface area contributed by atoms with Gasteiger partial charge in [-0.25, -0.2) is 0 Å². The highest BCUT2D eigenvalue weighted by Crippen LogP contribution is 2.59. The summed E-state index contributed by atoms with van der Waals surface area (Å²) < 4.78 is 24.7. The molecule has 0 amide bonds. The van der Waals surface area contributed by atoms with Crippen LogP contribution in [0.5, 0.6) is 0 Å². The number of fused-ring (bicyclic) bond motifs is 1. The highest BCUT2D eigenvalue weighted by atomic mass is 28.4. The summed E-state index contributed by atoms with van der Waals surface area (Å²) in [7, 11) is -2.61. The van der Waals surface area contributed by atoms with Gasteiger partial charge in [0, 0.05) is 20.0 Å². The summed E-state index contributed by atoms with van der Waals surface area (Å²) in [6.45, 7) is 32.1. The molecule has 3 rings (SSSR count). The van der Waals surface area contributed by atoms with Gasteiger partial charge in [0.25, 0.3) is 0 Å². The van der Waals surface area contributed by atoms with E-state index in [1.54, 1.807) is 12.7 Å². The fraction of sp³-hybridized carbons (Fsp3) is 0.825. The summed E-state index contributed by atoms with van der Waals surface area (Å²) >= 11 is 0. The number of hydrogen-bond acceptors (Lipinski definition) is 5. The van der Waals surface area contributed by atoms with Gasteiger partial charge in [0.05, 0.1) is 5.60 Å². The Morgan fingerprint density at radius 3 is 1.96 bits per heavy atom. The van der Waals surface area contributed by atoms with Gasteiger partial charge in [-0.05, 0) is 112 Å². The van der Waals surface area contributed by atoms with Crippen molar-refractivity contribution in [3.63, 3.8) is 0 Å². The highest BCUT2D eigenvalue weighted by Gasteiger charge is 2.51. The molecule has 0 radical (unpaired) electrons. The maximum Gasteiger partial charge on any atom is 0.193 e. The van der Waals surface area contributed by atoms with Gasteiger partial charge in [0.15, 0.2) is 22.4 Å². The van der Waals surface area contributed by atoms with E-state index < -0.39 is 28.8 Å².